The number of halogens is 4. The third-order valence-electron chi connectivity index (χ3n) is 4.34. The largest absolute Gasteiger partial charge is 0.416 e. The van der Waals surface area contributed by atoms with E-state index in [1.165, 1.54) is 28.0 Å². The van der Waals surface area contributed by atoms with Gasteiger partial charge >= 0.3 is 6.18 Å². The van der Waals surface area contributed by atoms with Gasteiger partial charge in [-0.1, -0.05) is 29.4 Å². The first-order valence-corrected chi connectivity index (χ1v) is 11.3. The third kappa shape index (κ3) is 4.82. The standard InChI is InChI=1S/C21H13ClF3N3O2S2/c22-13-2-1-3-15(10-13)28-19(30)18-16(8-9-31-18)27-20(28)32-11-17(29)26-14-6-4-12(5-7-14)21(23,24)25/h1-10H,11H2,(H,26,29). The molecule has 5 nitrogen and oxygen atoms in total. The number of fused-ring (bicyclic) bond motifs is 1. The summed E-state index contributed by atoms with van der Waals surface area (Å²) in [4.78, 5) is 29.9. The Bertz CT molecular complexity index is 1350. The highest BCUT2D eigenvalue weighted by Gasteiger charge is 2.30. The molecule has 2 aromatic heterocycles. The maximum atomic E-state index is 13.1. The zero-order valence-electron chi connectivity index (χ0n) is 16.0. The lowest BCUT2D eigenvalue weighted by molar-refractivity contribution is -0.137. The fraction of sp³-hybridized carbons (Fsp3) is 0.0952. The molecule has 0 aliphatic heterocycles. The van der Waals surface area contributed by atoms with Crippen LogP contribution >= 0.6 is 34.7 Å². The summed E-state index contributed by atoms with van der Waals surface area (Å²) in [5.41, 5.74) is 0.179. The maximum Gasteiger partial charge on any atom is 0.416 e. The lowest BCUT2D eigenvalue weighted by atomic mass is 10.2. The van der Waals surface area contributed by atoms with Crippen LogP contribution in [0, 0.1) is 0 Å². The molecule has 1 amide bonds. The van der Waals surface area contributed by atoms with Crippen molar-refractivity contribution in [2.75, 3.05) is 11.1 Å². The van der Waals surface area contributed by atoms with Gasteiger partial charge < -0.3 is 5.32 Å². The van der Waals surface area contributed by atoms with Gasteiger partial charge in [-0.2, -0.15) is 13.2 Å². The summed E-state index contributed by atoms with van der Waals surface area (Å²) in [5.74, 6) is -0.559. The fourth-order valence-electron chi connectivity index (χ4n) is 2.90. The van der Waals surface area contributed by atoms with Gasteiger partial charge in [0.2, 0.25) is 5.91 Å². The van der Waals surface area contributed by atoms with Crippen LogP contribution < -0.4 is 10.9 Å². The molecule has 0 saturated heterocycles. The quantitative estimate of drug-likeness (QED) is 0.278. The summed E-state index contributed by atoms with van der Waals surface area (Å²) in [6.07, 6.45) is -4.45. The first kappa shape index (κ1) is 22.4. The number of hydrogen-bond acceptors (Lipinski definition) is 5. The maximum absolute atomic E-state index is 13.1. The van der Waals surface area contributed by atoms with Crippen molar-refractivity contribution in [3.63, 3.8) is 0 Å². The molecule has 1 N–H and O–H groups in total. The molecule has 0 saturated carbocycles. The molecule has 0 fully saturated rings. The lowest BCUT2D eigenvalue weighted by Gasteiger charge is -2.12. The number of carbonyl (C=O) groups excluding carboxylic acids is 1. The molecule has 11 heteroatoms. The van der Waals surface area contributed by atoms with Gasteiger partial charge in [0.15, 0.2) is 5.16 Å². The van der Waals surface area contributed by atoms with E-state index in [-0.39, 0.29) is 17.0 Å². The van der Waals surface area contributed by atoms with E-state index < -0.39 is 17.6 Å². The minimum Gasteiger partial charge on any atom is -0.325 e. The van der Waals surface area contributed by atoms with Crippen LogP contribution in [0.2, 0.25) is 5.02 Å². The van der Waals surface area contributed by atoms with E-state index in [2.05, 4.69) is 10.3 Å². The molecule has 0 atom stereocenters. The Labute approximate surface area is 192 Å². The highest BCUT2D eigenvalue weighted by molar-refractivity contribution is 7.99. The second kappa shape index (κ2) is 8.97. The van der Waals surface area contributed by atoms with Crippen LogP contribution in [-0.2, 0) is 11.0 Å². The molecule has 2 heterocycles. The number of amides is 1. The second-order valence-electron chi connectivity index (χ2n) is 6.56. The Kier molecular flexibility index (Phi) is 6.27. The monoisotopic (exact) mass is 495 g/mol. The Morgan fingerprint density at radius 1 is 1.16 bits per heavy atom. The number of thiophene rings is 1. The fourth-order valence-corrected chi connectivity index (χ4v) is 4.66. The van der Waals surface area contributed by atoms with Gasteiger partial charge in [0.05, 0.1) is 22.5 Å². The van der Waals surface area contributed by atoms with Gasteiger partial charge in [-0.05, 0) is 53.9 Å². The molecule has 4 rings (SSSR count). The van der Waals surface area contributed by atoms with E-state index in [0.717, 1.165) is 23.9 Å². The van der Waals surface area contributed by atoms with E-state index >= 15 is 0 Å². The van der Waals surface area contributed by atoms with Crippen molar-refractivity contribution in [1.82, 2.24) is 9.55 Å². The molecule has 0 aliphatic rings. The van der Waals surface area contributed by atoms with Gasteiger partial charge in [0.25, 0.3) is 5.56 Å². The molecular formula is C21H13ClF3N3O2S2. The molecular weight excluding hydrogens is 483 g/mol. The van der Waals surface area contributed by atoms with Crippen molar-refractivity contribution in [3.05, 3.63) is 80.9 Å². The van der Waals surface area contributed by atoms with Crippen LogP contribution in [-0.4, -0.2) is 21.2 Å². The van der Waals surface area contributed by atoms with Crippen molar-refractivity contribution in [2.24, 2.45) is 0 Å². The van der Waals surface area contributed by atoms with Crippen molar-refractivity contribution in [1.29, 1.82) is 0 Å². The van der Waals surface area contributed by atoms with E-state index in [9.17, 15) is 22.8 Å². The average Bonchev–Trinajstić information content (AvgIpc) is 3.21. The molecule has 4 aromatic rings. The van der Waals surface area contributed by atoms with Crippen LogP contribution in [0.15, 0.2) is 69.9 Å². The summed E-state index contributed by atoms with van der Waals surface area (Å²) >= 11 is 8.38. The van der Waals surface area contributed by atoms with E-state index in [1.54, 1.807) is 35.7 Å². The zero-order valence-corrected chi connectivity index (χ0v) is 18.4. The highest BCUT2D eigenvalue weighted by atomic mass is 35.5. The van der Waals surface area contributed by atoms with Gasteiger partial charge in [0, 0.05) is 10.7 Å². The van der Waals surface area contributed by atoms with Gasteiger partial charge in [-0.15, -0.1) is 11.3 Å². The number of nitrogens with zero attached hydrogens (tertiary/aromatic N) is 2. The second-order valence-corrected chi connectivity index (χ2v) is 8.86. The summed E-state index contributed by atoms with van der Waals surface area (Å²) in [6, 6.07) is 12.6. The molecule has 2 aromatic carbocycles. The number of carbonyl (C=O) groups is 1. The van der Waals surface area contributed by atoms with Crippen LogP contribution in [0.25, 0.3) is 15.9 Å². The molecule has 0 unspecified atom stereocenters. The lowest BCUT2D eigenvalue weighted by Crippen LogP contribution is -2.22. The number of hydrogen-bond donors (Lipinski definition) is 1. The van der Waals surface area contributed by atoms with Crippen LogP contribution in [0.1, 0.15) is 5.56 Å². The molecule has 0 aliphatic carbocycles. The molecule has 0 spiro atoms. The third-order valence-corrected chi connectivity index (χ3v) is 6.41. The summed E-state index contributed by atoms with van der Waals surface area (Å²) in [5, 5.41) is 5.04. The number of rotatable bonds is 5. The predicted molar refractivity (Wildman–Crippen MR) is 121 cm³/mol. The number of alkyl halides is 3. The average molecular weight is 496 g/mol. The zero-order chi connectivity index (χ0) is 22.9. The molecule has 32 heavy (non-hydrogen) atoms. The SMILES string of the molecule is O=C(CSc1nc2ccsc2c(=O)n1-c1cccc(Cl)c1)Nc1ccc(C(F)(F)F)cc1. The topological polar surface area (TPSA) is 64.0 Å². The number of benzene rings is 2. The number of nitrogens with one attached hydrogen (secondary N) is 1. The van der Waals surface area contributed by atoms with Crippen LogP contribution in [0.3, 0.4) is 0 Å². The van der Waals surface area contributed by atoms with Crippen molar-refractivity contribution in [3.8, 4) is 5.69 Å². The first-order chi connectivity index (χ1) is 15.2. The smallest absolute Gasteiger partial charge is 0.325 e. The van der Waals surface area contributed by atoms with E-state index in [4.69, 9.17) is 11.6 Å². The predicted octanol–water partition coefficient (Wildman–Crippen LogP) is 5.85. The Morgan fingerprint density at radius 3 is 2.59 bits per heavy atom. The van der Waals surface area contributed by atoms with Crippen LogP contribution in [0.4, 0.5) is 18.9 Å². The Balaban J connectivity index is 1.57. The molecule has 0 radical (unpaired) electrons. The normalized spacial score (nSPS) is 11.6. The Hall–Kier alpha value is -2.82. The first-order valence-electron chi connectivity index (χ1n) is 9.08. The number of anilines is 1. The minimum atomic E-state index is -4.45. The van der Waals surface area contributed by atoms with Crippen LogP contribution in [0.5, 0.6) is 0 Å². The number of aromatic nitrogens is 2. The molecule has 164 valence electrons. The highest BCUT2D eigenvalue weighted by Crippen LogP contribution is 2.30. The van der Waals surface area contributed by atoms with E-state index in [1.807, 2.05) is 0 Å². The summed E-state index contributed by atoms with van der Waals surface area (Å²) in [6.45, 7) is 0. The number of thioether (sulfide) groups is 1. The van der Waals surface area contributed by atoms with Gasteiger partial charge in [-0.3, -0.25) is 14.2 Å². The summed E-state index contributed by atoms with van der Waals surface area (Å²) in [7, 11) is 0. The van der Waals surface area contributed by atoms with Crippen molar-refractivity contribution in [2.45, 2.75) is 11.3 Å². The van der Waals surface area contributed by atoms with E-state index in [0.29, 0.717) is 26.1 Å². The van der Waals surface area contributed by atoms with Gasteiger partial charge in [-0.25, -0.2) is 4.98 Å². The van der Waals surface area contributed by atoms with Crippen molar-refractivity contribution < 1.29 is 18.0 Å². The molecule has 0 bridgehead atoms. The van der Waals surface area contributed by atoms with Gasteiger partial charge in [0.1, 0.15) is 4.70 Å². The van der Waals surface area contributed by atoms with Crippen molar-refractivity contribution >= 4 is 56.5 Å². The summed E-state index contributed by atoms with van der Waals surface area (Å²) < 4.78 is 39.9. The minimum absolute atomic E-state index is 0.107. The Morgan fingerprint density at radius 2 is 1.91 bits per heavy atom.